The van der Waals surface area contributed by atoms with Crippen molar-refractivity contribution < 1.29 is 0 Å². The van der Waals surface area contributed by atoms with Crippen LogP contribution < -0.4 is 5.73 Å². The zero-order valence-corrected chi connectivity index (χ0v) is 6.30. The highest BCUT2D eigenvalue weighted by atomic mass is 15.0. The molecular formula is C6H15BN2. The van der Waals surface area contributed by atoms with Crippen molar-refractivity contribution in [2.75, 3.05) is 13.1 Å². The van der Waals surface area contributed by atoms with E-state index in [1.165, 1.54) is 13.1 Å². The number of piperidine rings is 1. The predicted octanol–water partition coefficient (Wildman–Crippen LogP) is -0.796. The van der Waals surface area contributed by atoms with Crippen molar-refractivity contribution in [3.8, 4) is 0 Å². The van der Waals surface area contributed by atoms with Gasteiger partial charge < -0.3 is 10.5 Å². The molecule has 2 nitrogen and oxygen atoms in total. The van der Waals surface area contributed by atoms with E-state index in [1.807, 2.05) is 0 Å². The van der Waals surface area contributed by atoms with Crippen molar-refractivity contribution in [2.24, 2.45) is 11.7 Å². The molecule has 0 saturated carbocycles. The third kappa shape index (κ3) is 1.70. The summed E-state index contributed by atoms with van der Waals surface area (Å²) in [6, 6.07) is 0.446. The molecule has 2 unspecified atom stereocenters. The van der Waals surface area contributed by atoms with E-state index >= 15 is 0 Å². The molecular weight excluding hydrogens is 111 g/mol. The zero-order valence-electron chi connectivity index (χ0n) is 6.30. The predicted molar refractivity (Wildman–Crippen MR) is 41.9 cm³/mol. The number of nitrogens with two attached hydrogens (primary N) is 1. The van der Waals surface area contributed by atoms with Gasteiger partial charge in [-0.05, 0) is 25.4 Å². The molecule has 0 spiro atoms. The second-order valence-electron chi connectivity index (χ2n) is 3.19. The Kier molecular flexibility index (Phi) is 2.14. The summed E-state index contributed by atoms with van der Waals surface area (Å²) in [6.45, 7) is 4.56. The highest BCUT2D eigenvalue weighted by Gasteiger charge is 2.19. The van der Waals surface area contributed by atoms with E-state index in [2.05, 4.69) is 19.7 Å². The molecule has 1 aliphatic rings. The lowest BCUT2D eigenvalue weighted by atomic mass is 9.93. The van der Waals surface area contributed by atoms with E-state index in [9.17, 15) is 0 Å². The van der Waals surface area contributed by atoms with Gasteiger partial charge in [-0.25, -0.2) is 0 Å². The van der Waals surface area contributed by atoms with Gasteiger partial charge in [-0.2, -0.15) is 0 Å². The van der Waals surface area contributed by atoms with E-state index < -0.39 is 0 Å². The Morgan fingerprint density at radius 3 is 2.78 bits per heavy atom. The van der Waals surface area contributed by atoms with Crippen molar-refractivity contribution in [1.82, 2.24) is 4.81 Å². The molecule has 1 saturated heterocycles. The van der Waals surface area contributed by atoms with Crippen LogP contribution in [-0.4, -0.2) is 31.9 Å². The van der Waals surface area contributed by atoms with Crippen LogP contribution >= 0.6 is 0 Å². The molecule has 52 valence electrons. The first-order valence-corrected chi connectivity index (χ1v) is 3.64. The van der Waals surface area contributed by atoms with E-state index in [-0.39, 0.29) is 0 Å². The summed E-state index contributed by atoms with van der Waals surface area (Å²) in [5.41, 5.74) is 5.81. The highest BCUT2D eigenvalue weighted by Crippen LogP contribution is 2.11. The topological polar surface area (TPSA) is 29.3 Å². The van der Waals surface area contributed by atoms with Gasteiger partial charge in [-0.15, -0.1) is 0 Å². The van der Waals surface area contributed by atoms with Gasteiger partial charge in [0.1, 0.15) is 0 Å². The Balaban J connectivity index is 2.35. The van der Waals surface area contributed by atoms with Gasteiger partial charge in [0.25, 0.3) is 0 Å². The van der Waals surface area contributed by atoms with Crippen LogP contribution in [0.4, 0.5) is 0 Å². The lowest BCUT2D eigenvalue weighted by molar-refractivity contribution is 0.257. The Labute approximate surface area is 57.8 Å². The summed E-state index contributed by atoms with van der Waals surface area (Å²) < 4.78 is 0. The van der Waals surface area contributed by atoms with Crippen LogP contribution in [0, 0.1) is 5.92 Å². The van der Waals surface area contributed by atoms with Crippen LogP contribution in [-0.2, 0) is 0 Å². The van der Waals surface area contributed by atoms with Gasteiger partial charge in [0.05, 0.1) is 0 Å². The summed E-state index contributed by atoms with van der Waals surface area (Å²) in [4.78, 5) is 2.34. The molecule has 1 heterocycles. The quantitative estimate of drug-likeness (QED) is 0.430. The van der Waals surface area contributed by atoms with Crippen LogP contribution in [0.3, 0.4) is 0 Å². The summed E-state index contributed by atoms with van der Waals surface area (Å²) in [5, 5.41) is 0. The molecule has 1 rings (SSSR count). The van der Waals surface area contributed by atoms with Crippen molar-refractivity contribution >= 4 is 7.98 Å². The van der Waals surface area contributed by atoms with Crippen LogP contribution in [0.1, 0.15) is 13.3 Å². The average Bonchev–Trinajstić information content (AvgIpc) is 1.80. The Morgan fingerprint density at radius 2 is 2.33 bits per heavy atom. The Bertz CT molecular complexity index is 97.1. The molecule has 0 aliphatic carbocycles. The monoisotopic (exact) mass is 126 g/mol. The number of rotatable bonds is 0. The van der Waals surface area contributed by atoms with Crippen LogP contribution in [0.15, 0.2) is 0 Å². The Hall–Kier alpha value is -0.0151. The fourth-order valence-corrected chi connectivity index (χ4v) is 1.37. The normalized spacial score (nSPS) is 38.9. The van der Waals surface area contributed by atoms with Crippen molar-refractivity contribution in [1.29, 1.82) is 0 Å². The fourth-order valence-electron chi connectivity index (χ4n) is 1.37. The van der Waals surface area contributed by atoms with Crippen molar-refractivity contribution in [2.45, 2.75) is 19.4 Å². The van der Waals surface area contributed by atoms with Gasteiger partial charge in [0, 0.05) is 6.04 Å². The third-order valence-corrected chi connectivity index (χ3v) is 2.17. The van der Waals surface area contributed by atoms with Crippen molar-refractivity contribution in [3.05, 3.63) is 0 Å². The molecule has 0 aromatic rings. The minimum absolute atomic E-state index is 0.446. The van der Waals surface area contributed by atoms with Gasteiger partial charge >= 0.3 is 0 Å². The van der Waals surface area contributed by atoms with E-state index in [0.717, 1.165) is 6.42 Å². The molecule has 2 N–H and O–H groups in total. The number of hydrogen-bond acceptors (Lipinski definition) is 2. The Morgan fingerprint density at radius 1 is 1.67 bits per heavy atom. The first kappa shape index (κ1) is 7.10. The minimum Gasteiger partial charge on any atom is -0.348 e. The third-order valence-electron chi connectivity index (χ3n) is 2.17. The maximum atomic E-state index is 5.81. The molecule has 2 atom stereocenters. The lowest BCUT2D eigenvalue weighted by Crippen LogP contribution is -2.44. The molecule has 0 aromatic heterocycles. The van der Waals surface area contributed by atoms with E-state index in [0.29, 0.717) is 12.0 Å². The van der Waals surface area contributed by atoms with E-state index in [1.54, 1.807) is 0 Å². The van der Waals surface area contributed by atoms with Crippen molar-refractivity contribution in [3.63, 3.8) is 0 Å². The molecule has 9 heavy (non-hydrogen) atoms. The molecule has 0 bridgehead atoms. The maximum absolute atomic E-state index is 5.81. The zero-order chi connectivity index (χ0) is 6.85. The maximum Gasteiger partial charge on any atom is 0.185 e. The standard InChI is InChI=1S/C6H15BN2/c1-5-4-9(7)3-2-6(5)8/h5-6H,2-4,7-8H2,1H3. The van der Waals surface area contributed by atoms with Gasteiger partial charge in [0.2, 0.25) is 0 Å². The van der Waals surface area contributed by atoms with Gasteiger partial charge in [0.15, 0.2) is 7.98 Å². The number of hydrogen-bond donors (Lipinski definition) is 1. The van der Waals surface area contributed by atoms with E-state index in [4.69, 9.17) is 5.73 Å². The molecule has 3 heteroatoms. The summed E-state index contributed by atoms with van der Waals surface area (Å²) >= 11 is 0. The summed E-state index contributed by atoms with van der Waals surface area (Å²) in [5.74, 6) is 0.684. The molecule has 0 amide bonds. The summed E-state index contributed by atoms with van der Waals surface area (Å²) in [6.07, 6.45) is 1.16. The molecule has 1 fully saturated rings. The molecule has 0 aromatic carbocycles. The SMILES string of the molecule is BN1CCC(N)C(C)C1. The summed E-state index contributed by atoms with van der Waals surface area (Å²) in [7, 11) is 2.16. The molecule has 1 aliphatic heterocycles. The second kappa shape index (κ2) is 2.71. The largest absolute Gasteiger partial charge is 0.348 e. The van der Waals surface area contributed by atoms with Crippen LogP contribution in [0.25, 0.3) is 0 Å². The molecule has 0 radical (unpaired) electrons. The smallest absolute Gasteiger partial charge is 0.185 e. The highest BCUT2D eigenvalue weighted by molar-refractivity contribution is 6.04. The number of nitrogens with zero attached hydrogens (tertiary/aromatic N) is 1. The van der Waals surface area contributed by atoms with Gasteiger partial charge in [-0.1, -0.05) is 6.92 Å². The van der Waals surface area contributed by atoms with Gasteiger partial charge in [-0.3, -0.25) is 0 Å². The van der Waals surface area contributed by atoms with Crippen LogP contribution in [0.2, 0.25) is 0 Å². The first-order chi connectivity index (χ1) is 4.20. The first-order valence-electron chi connectivity index (χ1n) is 3.64. The average molecular weight is 126 g/mol. The fraction of sp³-hybridized carbons (Fsp3) is 1.00. The second-order valence-corrected chi connectivity index (χ2v) is 3.19. The minimum atomic E-state index is 0.446. The van der Waals surface area contributed by atoms with Crippen LogP contribution in [0.5, 0.6) is 0 Å². The lowest BCUT2D eigenvalue weighted by Gasteiger charge is -2.32.